The molecule has 0 radical (unpaired) electrons. The van der Waals surface area contributed by atoms with Crippen LogP contribution in [0.2, 0.25) is 0 Å². The van der Waals surface area contributed by atoms with Crippen molar-refractivity contribution in [3.8, 4) is 0 Å². The maximum atomic E-state index is 12.0. The van der Waals surface area contributed by atoms with Crippen molar-refractivity contribution in [3.63, 3.8) is 0 Å². The Balaban J connectivity index is 2.00. The van der Waals surface area contributed by atoms with E-state index in [-0.39, 0.29) is 19.7 Å². The Labute approximate surface area is 176 Å². The zero-order valence-electron chi connectivity index (χ0n) is 16.6. The van der Waals surface area contributed by atoms with Crippen molar-refractivity contribution in [2.75, 3.05) is 33.9 Å². The molecule has 0 spiro atoms. The molecule has 1 aromatic rings. The smallest absolute Gasteiger partial charge is 0.330 e. The number of hydrogen-bond acceptors (Lipinski definition) is 9. The number of rotatable bonds is 10. The van der Waals surface area contributed by atoms with Crippen molar-refractivity contribution in [3.05, 3.63) is 44.8 Å². The van der Waals surface area contributed by atoms with Gasteiger partial charge in [0.2, 0.25) is 0 Å². The highest BCUT2D eigenvalue weighted by atomic mass is 32.4. The van der Waals surface area contributed by atoms with Gasteiger partial charge >= 0.3 is 17.6 Å². The molecule has 3 N–H and O–H groups in total. The van der Waals surface area contributed by atoms with Crippen LogP contribution in [0.15, 0.2) is 27.9 Å². The second kappa shape index (κ2) is 10.8. The van der Waals surface area contributed by atoms with Crippen LogP contribution < -0.4 is 21.4 Å². The van der Waals surface area contributed by atoms with Gasteiger partial charge < -0.3 is 18.7 Å². The third-order valence-corrected chi connectivity index (χ3v) is 6.72. The van der Waals surface area contributed by atoms with E-state index >= 15 is 0 Å². The molecule has 1 aromatic heterocycles. The Bertz CT molecular complexity index is 951. The highest BCUT2D eigenvalue weighted by Gasteiger charge is 2.26. The topological polar surface area (TPSA) is 150 Å². The number of aromatic amines is 1. The van der Waals surface area contributed by atoms with Crippen LogP contribution in [0.1, 0.15) is 11.8 Å². The minimum absolute atomic E-state index is 0.0241. The van der Waals surface area contributed by atoms with Crippen LogP contribution in [0.25, 0.3) is 0 Å². The number of H-pyrrole nitrogens is 1. The molecule has 0 fully saturated rings. The first kappa shape index (κ1) is 24.1. The number of carbonyl (C=O) groups is 2. The van der Waals surface area contributed by atoms with Crippen LogP contribution in [0, 0.1) is 6.92 Å². The van der Waals surface area contributed by atoms with Gasteiger partial charge in [0.15, 0.2) is 12.8 Å². The molecular formula is C16H23N4O8PS. The minimum Gasteiger partial charge on any atom is -0.468 e. The summed E-state index contributed by atoms with van der Waals surface area (Å²) in [6.07, 6.45) is 3.43. The molecule has 1 aliphatic rings. The highest BCUT2D eigenvalue weighted by Crippen LogP contribution is 2.38. The number of esters is 2. The summed E-state index contributed by atoms with van der Waals surface area (Å²) in [4.78, 5) is 48.6. The fourth-order valence-corrected chi connectivity index (χ4v) is 4.22. The zero-order chi connectivity index (χ0) is 22.3. The number of aromatic nitrogens is 2. The van der Waals surface area contributed by atoms with Gasteiger partial charge in [0, 0.05) is 11.8 Å². The number of ether oxygens (including phenoxy) is 3. The number of hydrogen-bond donors (Lipinski definition) is 3. The van der Waals surface area contributed by atoms with Gasteiger partial charge in [-0.15, -0.1) is 0 Å². The molecular weight excluding hydrogens is 439 g/mol. The van der Waals surface area contributed by atoms with Crippen LogP contribution in [-0.4, -0.2) is 61.5 Å². The first-order valence-corrected chi connectivity index (χ1v) is 11.4. The molecule has 14 heteroatoms. The molecule has 12 nitrogen and oxygen atoms in total. The molecule has 0 saturated carbocycles. The van der Waals surface area contributed by atoms with E-state index in [0.717, 1.165) is 0 Å². The lowest BCUT2D eigenvalue weighted by Gasteiger charge is -2.25. The summed E-state index contributed by atoms with van der Waals surface area (Å²) >= 11 is 5.42. The van der Waals surface area contributed by atoms with Crippen LogP contribution >= 0.6 is 6.57 Å². The van der Waals surface area contributed by atoms with Crippen LogP contribution in [-0.2, 0) is 40.1 Å². The van der Waals surface area contributed by atoms with Gasteiger partial charge in [0.1, 0.15) is 19.2 Å². The fraction of sp³-hybridized carbons (Fsp3) is 0.500. The quantitative estimate of drug-likeness (QED) is 0.225. The van der Waals surface area contributed by atoms with E-state index in [1.165, 1.54) is 25.0 Å². The number of nitrogens with one attached hydrogen (secondary N) is 3. The fourth-order valence-electron chi connectivity index (χ4n) is 2.32. The van der Waals surface area contributed by atoms with E-state index in [0.29, 0.717) is 5.56 Å². The van der Waals surface area contributed by atoms with E-state index in [1.807, 2.05) is 0 Å². The highest BCUT2D eigenvalue weighted by molar-refractivity contribution is 8.10. The zero-order valence-corrected chi connectivity index (χ0v) is 18.3. The first-order chi connectivity index (χ1) is 14.2. The van der Waals surface area contributed by atoms with Crippen molar-refractivity contribution < 1.29 is 28.3 Å². The summed E-state index contributed by atoms with van der Waals surface area (Å²) < 4.78 is 21.8. The minimum atomic E-state index is -3.02. The van der Waals surface area contributed by atoms with E-state index in [1.54, 1.807) is 19.1 Å². The molecule has 2 heterocycles. The second-order valence-electron chi connectivity index (χ2n) is 6.10. The van der Waals surface area contributed by atoms with Gasteiger partial charge in [0.25, 0.3) is 5.56 Å². The average Bonchev–Trinajstić information content (AvgIpc) is 3.20. The van der Waals surface area contributed by atoms with Crippen LogP contribution in [0.5, 0.6) is 0 Å². The van der Waals surface area contributed by atoms with E-state index in [2.05, 4.69) is 24.6 Å². The molecule has 1 aliphatic heterocycles. The van der Waals surface area contributed by atoms with Crippen molar-refractivity contribution in [2.24, 2.45) is 0 Å². The van der Waals surface area contributed by atoms with Gasteiger partial charge in [-0.05, 0) is 24.8 Å². The summed E-state index contributed by atoms with van der Waals surface area (Å²) in [5, 5.41) is 5.50. The lowest BCUT2D eigenvalue weighted by atomic mass is 10.3. The molecule has 2 rings (SSSR count). The average molecular weight is 462 g/mol. The Hall–Kier alpha value is -2.15. The summed E-state index contributed by atoms with van der Waals surface area (Å²) in [6.45, 7) is -1.92. The maximum absolute atomic E-state index is 12.0. The Kier molecular flexibility index (Phi) is 8.65. The van der Waals surface area contributed by atoms with Gasteiger partial charge in [-0.2, -0.15) is 0 Å². The molecule has 30 heavy (non-hydrogen) atoms. The molecule has 0 aliphatic carbocycles. The summed E-state index contributed by atoms with van der Waals surface area (Å²) in [5.74, 6) is -1.12. The van der Waals surface area contributed by atoms with Gasteiger partial charge in [0.05, 0.1) is 20.8 Å². The monoisotopic (exact) mass is 462 g/mol. The predicted molar refractivity (Wildman–Crippen MR) is 109 cm³/mol. The second-order valence-corrected chi connectivity index (χ2v) is 9.63. The lowest BCUT2D eigenvalue weighted by molar-refractivity contribution is -0.139. The van der Waals surface area contributed by atoms with Crippen molar-refractivity contribution in [1.29, 1.82) is 0 Å². The Morgan fingerprint density at radius 3 is 2.37 bits per heavy atom. The third-order valence-electron chi connectivity index (χ3n) is 3.96. The predicted octanol–water partition coefficient (Wildman–Crippen LogP) is -0.935. The number of nitrogens with zero attached hydrogens (tertiary/aromatic N) is 1. The van der Waals surface area contributed by atoms with Crippen molar-refractivity contribution >= 4 is 30.3 Å². The molecule has 0 unspecified atom stereocenters. The molecule has 166 valence electrons. The molecule has 0 aromatic carbocycles. The number of methoxy groups -OCH3 is 2. The SMILES string of the molecule is COC(=O)CNP(=S)(NCC(=O)OC)OC[C@@H]1C=C[C@H](n2cc(C)c(=O)[nH]c2=O)O1. The lowest BCUT2D eigenvalue weighted by Crippen LogP contribution is -2.34. The third kappa shape index (κ3) is 6.69. The normalized spacial score (nSPS) is 18.4. The largest absolute Gasteiger partial charge is 0.468 e. The summed E-state index contributed by atoms with van der Waals surface area (Å²) in [6, 6.07) is 0. The Morgan fingerprint density at radius 1 is 1.20 bits per heavy atom. The van der Waals surface area contributed by atoms with Gasteiger partial charge in [-0.1, -0.05) is 6.08 Å². The van der Waals surface area contributed by atoms with Crippen LogP contribution in [0.3, 0.4) is 0 Å². The molecule has 0 bridgehead atoms. The van der Waals surface area contributed by atoms with E-state index in [4.69, 9.17) is 21.1 Å². The molecule has 0 saturated heterocycles. The summed E-state index contributed by atoms with van der Waals surface area (Å²) in [7, 11) is 2.46. The van der Waals surface area contributed by atoms with E-state index < -0.39 is 42.1 Å². The van der Waals surface area contributed by atoms with Crippen LogP contribution in [0.4, 0.5) is 0 Å². The molecule has 0 amide bonds. The van der Waals surface area contributed by atoms with E-state index in [9.17, 15) is 19.2 Å². The number of aryl methyl sites for hydroxylation is 1. The van der Waals surface area contributed by atoms with Gasteiger partial charge in [-0.3, -0.25) is 23.9 Å². The van der Waals surface area contributed by atoms with Crippen molar-refractivity contribution in [2.45, 2.75) is 19.3 Å². The van der Waals surface area contributed by atoms with Crippen molar-refractivity contribution in [1.82, 2.24) is 19.7 Å². The molecule has 2 atom stereocenters. The first-order valence-electron chi connectivity index (χ1n) is 8.71. The maximum Gasteiger partial charge on any atom is 0.330 e. The summed E-state index contributed by atoms with van der Waals surface area (Å²) in [5.41, 5.74) is -0.709. The standard InChI is InChI=1S/C16H23N4O8PS/c1-10-8-20(16(24)19-15(10)23)12-5-4-11(28-12)9-27-29(30,17-6-13(21)25-2)18-7-14(22)26-3/h4-5,8,11-12H,6-7,9H2,1-3H3,(H2,17,18,30)(H,19,23,24)/t11-,12+/m0/s1. The number of carbonyl (C=O) groups excluding carboxylic acids is 2. The van der Waals surface area contributed by atoms with Gasteiger partial charge in [-0.25, -0.2) is 15.0 Å². The Morgan fingerprint density at radius 2 is 1.80 bits per heavy atom.